The molecule has 1 amide bonds. The van der Waals surface area contributed by atoms with E-state index in [4.69, 9.17) is 16.3 Å². The zero-order valence-electron chi connectivity index (χ0n) is 15.6. The Labute approximate surface area is 168 Å². The topological polar surface area (TPSA) is 70.4 Å². The molecule has 2 aromatic carbocycles. The number of hydrogen-bond donors (Lipinski definition) is 0. The van der Waals surface area contributed by atoms with Crippen molar-refractivity contribution in [3.63, 3.8) is 0 Å². The van der Waals surface area contributed by atoms with E-state index in [2.05, 4.69) is 6.07 Å². The monoisotopic (exact) mass is 394 g/mol. The summed E-state index contributed by atoms with van der Waals surface area (Å²) in [6.07, 6.45) is 0.0974. The lowest BCUT2D eigenvalue weighted by Gasteiger charge is -2.34. The number of hydrogen-bond acceptors (Lipinski definition) is 4. The largest absolute Gasteiger partial charge is 0.466 e. The lowest BCUT2D eigenvalue weighted by atomic mass is 9.83. The van der Waals surface area contributed by atoms with Crippen LogP contribution in [0, 0.1) is 11.3 Å². The number of methoxy groups -OCH3 is 1. The molecular formula is C22H19ClN2O3. The van der Waals surface area contributed by atoms with Crippen LogP contribution >= 0.6 is 11.6 Å². The summed E-state index contributed by atoms with van der Waals surface area (Å²) < 4.78 is 5.00. The van der Waals surface area contributed by atoms with Gasteiger partial charge in [0.1, 0.15) is 0 Å². The highest BCUT2D eigenvalue weighted by atomic mass is 35.5. The Bertz CT molecular complexity index is 1010. The SMILES string of the molecule is COC(=O)C1=C(C)N(Cc2ccccc2C#N)C(=O)CC1c1ccccc1Cl. The van der Waals surface area contributed by atoms with Crippen LogP contribution < -0.4 is 0 Å². The van der Waals surface area contributed by atoms with Crippen LogP contribution in [0.3, 0.4) is 0 Å². The number of esters is 1. The third kappa shape index (κ3) is 3.64. The smallest absolute Gasteiger partial charge is 0.336 e. The minimum Gasteiger partial charge on any atom is -0.466 e. The average molecular weight is 395 g/mol. The Morgan fingerprint density at radius 2 is 1.93 bits per heavy atom. The minimum absolute atomic E-state index is 0.0974. The van der Waals surface area contributed by atoms with Gasteiger partial charge in [0, 0.05) is 23.1 Å². The Hall–Kier alpha value is -3.10. The van der Waals surface area contributed by atoms with Crippen molar-refractivity contribution >= 4 is 23.5 Å². The van der Waals surface area contributed by atoms with Gasteiger partial charge in [-0.3, -0.25) is 4.79 Å². The first-order valence-electron chi connectivity index (χ1n) is 8.79. The van der Waals surface area contributed by atoms with Crippen LogP contribution in [-0.2, 0) is 20.9 Å². The maximum absolute atomic E-state index is 13.0. The van der Waals surface area contributed by atoms with Gasteiger partial charge in [0.15, 0.2) is 0 Å². The number of halogens is 1. The highest BCUT2D eigenvalue weighted by Crippen LogP contribution is 2.40. The second-order valence-corrected chi connectivity index (χ2v) is 6.92. The molecule has 1 aliphatic rings. The van der Waals surface area contributed by atoms with E-state index in [0.717, 1.165) is 5.56 Å². The predicted molar refractivity (Wildman–Crippen MR) is 105 cm³/mol. The van der Waals surface area contributed by atoms with Crippen LogP contribution in [0.25, 0.3) is 0 Å². The molecule has 1 atom stereocenters. The quantitative estimate of drug-likeness (QED) is 0.729. The first-order valence-corrected chi connectivity index (χ1v) is 9.17. The van der Waals surface area contributed by atoms with Gasteiger partial charge in [-0.1, -0.05) is 48.0 Å². The van der Waals surface area contributed by atoms with Gasteiger partial charge in [-0.2, -0.15) is 5.26 Å². The molecule has 3 rings (SSSR count). The highest BCUT2D eigenvalue weighted by Gasteiger charge is 2.37. The zero-order chi connectivity index (χ0) is 20.3. The molecule has 0 saturated heterocycles. The minimum atomic E-state index is -0.492. The number of nitrogens with zero attached hydrogens (tertiary/aromatic N) is 2. The van der Waals surface area contributed by atoms with Gasteiger partial charge in [0.2, 0.25) is 5.91 Å². The van der Waals surface area contributed by atoms with Crippen molar-refractivity contribution in [2.24, 2.45) is 0 Å². The fraction of sp³-hybridized carbons (Fsp3) is 0.227. The number of benzene rings is 2. The Balaban J connectivity index is 2.08. The summed E-state index contributed by atoms with van der Waals surface area (Å²) >= 11 is 6.34. The van der Waals surface area contributed by atoms with E-state index in [0.29, 0.717) is 27.4 Å². The molecule has 5 nitrogen and oxygen atoms in total. The van der Waals surface area contributed by atoms with Crippen molar-refractivity contribution in [1.29, 1.82) is 5.26 Å². The molecule has 0 bridgehead atoms. The molecule has 28 heavy (non-hydrogen) atoms. The predicted octanol–water partition coefficient (Wildman–Crippen LogP) is 4.17. The van der Waals surface area contributed by atoms with E-state index >= 15 is 0 Å². The summed E-state index contributed by atoms with van der Waals surface area (Å²) in [5, 5.41) is 9.82. The van der Waals surface area contributed by atoms with Crippen LogP contribution in [0.4, 0.5) is 0 Å². The normalized spacial score (nSPS) is 16.7. The third-order valence-corrected chi connectivity index (χ3v) is 5.32. The average Bonchev–Trinajstić information content (AvgIpc) is 2.71. The fourth-order valence-electron chi connectivity index (χ4n) is 3.54. The number of amides is 1. The van der Waals surface area contributed by atoms with Crippen molar-refractivity contribution in [1.82, 2.24) is 4.90 Å². The van der Waals surface area contributed by atoms with Crippen LogP contribution in [0.1, 0.15) is 36.0 Å². The first kappa shape index (κ1) is 19.7. The van der Waals surface area contributed by atoms with Crippen molar-refractivity contribution in [3.8, 4) is 6.07 Å². The summed E-state index contributed by atoms with van der Waals surface area (Å²) in [4.78, 5) is 27.1. The third-order valence-electron chi connectivity index (χ3n) is 4.98. The lowest BCUT2D eigenvalue weighted by molar-refractivity contribution is -0.138. The van der Waals surface area contributed by atoms with Crippen molar-refractivity contribution in [2.45, 2.75) is 25.8 Å². The van der Waals surface area contributed by atoms with Crippen LogP contribution in [0.2, 0.25) is 5.02 Å². The molecular weight excluding hydrogens is 376 g/mol. The summed E-state index contributed by atoms with van der Waals surface area (Å²) in [5.41, 5.74) is 2.86. The molecule has 0 aromatic heterocycles. The number of allylic oxidation sites excluding steroid dienone is 1. The molecule has 1 unspecified atom stereocenters. The number of rotatable bonds is 4. The van der Waals surface area contributed by atoms with E-state index < -0.39 is 11.9 Å². The first-order chi connectivity index (χ1) is 13.5. The lowest BCUT2D eigenvalue weighted by Crippen LogP contribution is -2.38. The molecule has 0 spiro atoms. The summed E-state index contributed by atoms with van der Waals surface area (Å²) in [5.74, 6) is -1.10. The van der Waals surface area contributed by atoms with E-state index in [-0.39, 0.29) is 18.9 Å². The van der Waals surface area contributed by atoms with Crippen LogP contribution in [0.15, 0.2) is 59.8 Å². The van der Waals surface area contributed by atoms with Crippen molar-refractivity contribution < 1.29 is 14.3 Å². The van der Waals surface area contributed by atoms with Gasteiger partial charge in [-0.15, -0.1) is 0 Å². The van der Waals surface area contributed by atoms with Gasteiger partial charge >= 0.3 is 5.97 Å². The standard InChI is InChI=1S/C22H19ClN2O3/c1-14-21(22(27)28-2)18(17-9-5-6-10-19(17)23)11-20(26)25(14)13-16-8-4-3-7-15(16)12-24/h3-10,18H,11,13H2,1-2H3. The number of nitriles is 1. The molecule has 2 aromatic rings. The molecule has 142 valence electrons. The van der Waals surface area contributed by atoms with Gasteiger partial charge in [0.25, 0.3) is 0 Å². The van der Waals surface area contributed by atoms with Gasteiger partial charge < -0.3 is 9.64 Å². The molecule has 0 N–H and O–H groups in total. The number of carbonyl (C=O) groups excluding carboxylic acids is 2. The van der Waals surface area contributed by atoms with Gasteiger partial charge in [0.05, 0.1) is 30.9 Å². The second-order valence-electron chi connectivity index (χ2n) is 6.52. The van der Waals surface area contributed by atoms with E-state index in [1.807, 2.05) is 18.2 Å². The summed E-state index contributed by atoms with van der Waals surface area (Å²) in [6, 6.07) is 16.4. The number of ether oxygens (including phenoxy) is 1. The van der Waals surface area contributed by atoms with Crippen molar-refractivity contribution in [3.05, 3.63) is 81.5 Å². The van der Waals surface area contributed by atoms with Crippen molar-refractivity contribution in [2.75, 3.05) is 7.11 Å². The Morgan fingerprint density at radius 1 is 1.25 bits per heavy atom. The molecule has 0 aliphatic carbocycles. The van der Waals surface area contributed by atoms with E-state index in [1.165, 1.54) is 12.0 Å². The van der Waals surface area contributed by atoms with E-state index in [9.17, 15) is 14.9 Å². The summed E-state index contributed by atoms with van der Waals surface area (Å²) in [7, 11) is 1.32. The van der Waals surface area contributed by atoms with E-state index in [1.54, 1.807) is 37.3 Å². The Kier molecular flexibility index (Phi) is 5.81. The maximum Gasteiger partial charge on any atom is 0.336 e. The summed E-state index contributed by atoms with van der Waals surface area (Å²) in [6.45, 7) is 1.94. The molecule has 1 aliphatic heterocycles. The molecule has 0 fully saturated rings. The van der Waals surface area contributed by atoms with Crippen LogP contribution in [0.5, 0.6) is 0 Å². The molecule has 1 heterocycles. The zero-order valence-corrected chi connectivity index (χ0v) is 16.4. The van der Waals surface area contributed by atoms with Gasteiger partial charge in [-0.05, 0) is 30.2 Å². The van der Waals surface area contributed by atoms with Crippen LogP contribution in [-0.4, -0.2) is 23.9 Å². The fourth-order valence-corrected chi connectivity index (χ4v) is 3.81. The number of carbonyl (C=O) groups is 2. The molecule has 0 saturated carbocycles. The highest BCUT2D eigenvalue weighted by molar-refractivity contribution is 6.31. The molecule has 6 heteroatoms. The molecule has 0 radical (unpaired) electrons. The van der Waals surface area contributed by atoms with Gasteiger partial charge in [-0.25, -0.2) is 4.79 Å². The maximum atomic E-state index is 13.0. The Morgan fingerprint density at radius 3 is 2.61 bits per heavy atom. The second kappa shape index (κ2) is 8.28.